The average Bonchev–Trinajstić information content (AvgIpc) is 2.88. The van der Waals surface area contributed by atoms with Gasteiger partial charge >= 0.3 is 0 Å². The van der Waals surface area contributed by atoms with Crippen LogP contribution >= 0.6 is 11.6 Å². The highest BCUT2D eigenvalue weighted by molar-refractivity contribution is 6.16. The van der Waals surface area contributed by atoms with Crippen LogP contribution in [0, 0.1) is 18.8 Å². The van der Waals surface area contributed by atoms with Crippen molar-refractivity contribution in [2.45, 2.75) is 32.7 Å². The van der Waals surface area contributed by atoms with E-state index in [9.17, 15) is 0 Å². The van der Waals surface area contributed by atoms with Gasteiger partial charge in [-0.2, -0.15) is 0 Å². The van der Waals surface area contributed by atoms with Crippen molar-refractivity contribution in [3.8, 4) is 0 Å². The molecule has 1 fully saturated rings. The van der Waals surface area contributed by atoms with Gasteiger partial charge in [0.25, 0.3) is 0 Å². The number of aromatic nitrogens is 3. The molecule has 90 valence electrons. The Balaban J connectivity index is 2.06. The smallest absolute Gasteiger partial charge is 0.160 e. The van der Waals surface area contributed by atoms with Gasteiger partial charge in [-0.15, -0.1) is 11.6 Å². The molecule has 0 spiro atoms. The number of halogens is 1. The summed E-state index contributed by atoms with van der Waals surface area (Å²) in [5, 5.41) is 0. The van der Waals surface area contributed by atoms with Crippen molar-refractivity contribution in [2.75, 3.05) is 0 Å². The van der Waals surface area contributed by atoms with Crippen LogP contribution in [0.4, 0.5) is 0 Å². The van der Waals surface area contributed by atoms with E-state index in [0.29, 0.717) is 5.88 Å². The van der Waals surface area contributed by atoms with Crippen LogP contribution in [0.25, 0.3) is 11.2 Å². The van der Waals surface area contributed by atoms with Gasteiger partial charge in [0.15, 0.2) is 5.65 Å². The highest BCUT2D eigenvalue weighted by atomic mass is 35.5. The molecule has 0 N–H and O–H groups in total. The fraction of sp³-hybridized carbons (Fsp3) is 0.538. The van der Waals surface area contributed by atoms with Gasteiger partial charge in [-0.25, -0.2) is 9.97 Å². The topological polar surface area (TPSA) is 30.7 Å². The molecule has 2 atom stereocenters. The van der Waals surface area contributed by atoms with Crippen molar-refractivity contribution in [1.82, 2.24) is 14.5 Å². The molecule has 0 radical (unpaired) electrons. The highest BCUT2D eigenvalue weighted by Gasteiger charge is 2.33. The van der Waals surface area contributed by atoms with E-state index >= 15 is 0 Å². The minimum absolute atomic E-state index is 0.455. The van der Waals surface area contributed by atoms with Gasteiger partial charge in [-0.3, -0.25) is 0 Å². The van der Waals surface area contributed by atoms with Gasteiger partial charge in [-0.1, -0.05) is 6.92 Å². The molecule has 2 aromatic rings. The maximum absolute atomic E-state index is 5.97. The number of hydrogen-bond donors (Lipinski definition) is 0. The SMILES string of the molecule is Cc1cnc2c(c1)nc(CCl)n2CC1CC1C. The molecular formula is C13H16ClN3. The van der Waals surface area contributed by atoms with E-state index in [-0.39, 0.29) is 0 Å². The minimum Gasteiger partial charge on any atom is -0.311 e. The summed E-state index contributed by atoms with van der Waals surface area (Å²) < 4.78 is 2.19. The Morgan fingerprint density at radius 2 is 2.29 bits per heavy atom. The fourth-order valence-electron chi connectivity index (χ4n) is 2.34. The van der Waals surface area contributed by atoms with Gasteiger partial charge in [0, 0.05) is 12.7 Å². The maximum Gasteiger partial charge on any atom is 0.160 e. The molecule has 2 unspecified atom stereocenters. The highest BCUT2D eigenvalue weighted by Crippen LogP contribution is 2.39. The van der Waals surface area contributed by atoms with E-state index in [0.717, 1.165) is 40.9 Å². The predicted octanol–water partition coefficient (Wildman–Crippen LogP) is 3.13. The van der Waals surface area contributed by atoms with Crippen LogP contribution in [0.15, 0.2) is 12.3 Å². The van der Waals surface area contributed by atoms with Crippen molar-refractivity contribution in [2.24, 2.45) is 11.8 Å². The van der Waals surface area contributed by atoms with Crippen LogP contribution in [0.3, 0.4) is 0 Å². The number of pyridine rings is 1. The summed E-state index contributed by atoms with van der Waals surface area (Å²) in [5.41, 5.74) is 3.09. The first-order chi connectivity index (χ1) is 8.19. The molecule has 0 saturated heterocycles. The average molecular weight is 250 g/mol. The van der Waals surface area contributed by atoms with E-state index in [1.54, 1.807) is 0 Å². The number of imidazole rings is 1. The molecule has 1 aliphatic rings. The summed E-state index contributed by atoms with van der Waals surface area (Å²) in [4.78, 5) is 9.06. The Hall–Kier alpha value is -1.09. The van der Waals surface area contributed by atoms with Crippen molar-refractivity contribution in [1.29, 1.82) is 0 Å². The van der Waals surface area contributed by atoms with Crippen LogP contribution in [0.1, 0.15) is 24.7 Å². The normalized spacial score (nSPS) is 23.2. The first kappa shape index (κ1) is 11.0. The first-order valence-electron chi connectivity index (χ1n) is 6.06. The van der Waals surface area contributed by atoms with Gasteiger partial charge in [0.05, 0.1) is 5.88 Å². The number of nitrogens with zero attached hydrogens (tertiary/aromatic N) is 3. The lowest BCUT2D eigenvalue weighted by Gasteiger charge is -2.05. The summed E-state index contributed by atoms with van der Waals surface area (Å²) >= 11 is 5.97. The van der Waals surface area contributed by atoms with Gasteiger partial charge in [0.1, 0.15) is 11.3 Å². The Morgan fingerprint density at radius 1 is 1.53 bits per heavy atom. The van der Waals surface area contributed by atoms with Crippen molar-refractivity contribution in [3.05, 3.63) is 23.7 Å². The predicted molar refractivity (Wildman–Crippen MR) is 69.1 cm³/mol. The molecule has 2 aromatic heterocycles. The lowest BCUT2D eigenvalue weighted by molar-refractivity contribution is 0.588. The van der Waals surface area contributed by atoms with Crippen molar-refractivity contribution in [3.63, 3.8) is 0 Å². The molecule has 4 heteroatoms. The zero-order valence-corrected chi connectivity index (χ0v) is 10.9. The number of hydrogen-bond acceptors (Lipinski definition) is 2. The summed E-state index contributed by atoms with van der Waals surface area (Å²) in [6.45, 7) is 5.34. The number of fused-ring (bicyclic) bond motifs is 1. The molecule has 3 rings (SSSR count). The van der Waals surface area contributed by atoms with Gasteiger partial charge < -0.3 is 4.57 Å². The van der Waals surface area contributed by atoms with Crippen LogP contribution < -0.4 is 0 Å². The fourth-order valence-corrected chi connectivity index (χ4v) is 2.54. The minimum atomic E-state index is 0.455. The van der Waals surface area contributed by atoms with Crippen LogP contribution in [0.5, 0.6) is 0 Å². The number of aryl methyl sites for hydroxylation is 1. The molecule has 3 nitrogen and oxygen atoms in total. The molecule has 2 heterocycles. The van der Waals surface area contributed by atoms with E-state index in [4.69, 9.17) is 11.6 Å². The van der Waals surface area contributed by atoms with E-state index in [1.165, 1.54) is 6.42 Å². The molecule has 0 aliphatic heterocycles. The zero-order chi connectivity index (χ0) is 12.0. The third kappa shape index (κ3) is 1.93. The molecule has 0 amide bonds. The Labute approximate surface area is 106 Å². The quantitative estimate of drug-likeness (QED) is 0.783. The third-order valence-corrected chi connectivity index (χ3v) is 3.85. The molecule has 0 bridgehead atoms. The van der Waals surface area contributed by atoms with Crippen molar-refractivity contribution < 1.29 is 0 Å². The van der Waals surface area contributed by atoms with Gasteiger partial charge in [0.2, 0.25) is 0 Å². The molecular weight excluding hydrogens is 234 g/mol. The maximum atomic E-state index is 5.97. The second kappa shape index (κ2) is 3.98. The second-order valence-electron chi connectivity index (χ2n) is 5.10. The third-order valence-electron chi connectivity index (χ3n) is 3.61. The Kier molecular flexibility index (Phi) is 2.58. The number of rotatable bonds is 3. The molecule has 17 heavy (non-hydrogen) atoms. The molecule has 1 aliphatic carbocycles. The second-order valence-corrected chi connectivity index (χ2v) is 5.37. The summed E-state index contributed by atoms with van der Waals surface area (Å²) in [5.74, 6) is 3.01. The first-order valence-corrected chi connectivity index (χ1v) is 6.60. The lowest BCUT2D eigenvalue weighted by atomic mass is 10.3. The lowest BCUT2D eigenvalue weighted by Crippen LogP contribution is -2.05. The molecule has 0 aromatic carbocycles. The summed E-state index contributed by atoms with van der Waals surface area (Å²) in [6, 6.07) is 2.07. The van der Waals surface area contributed by atoms with Crippen LogP contribution in [-0.4, -0.2) is 14.5 Å². The van der Waals surface area contributed by atoms with Crippen LogP contribution in [0.2, 0.25) is 0 Å². The largest absolute Gasteiger partial charge is 0.311 e. The Bertz CT molecular complexity index is 561. The van der Waals surface area contributed by atoms with Gasteiger partial charge in [-0.05, 0) is 36.8 Å². The summed E-state index contributed by atoms with van der Waals surface area (Å²) in [7, 11) is 0. The van der Waals surface area contributed by atoms with E-state index < -0.39 is 0 Å². The van der Waals surface area contributed by atoms with E-state index in [2.05, 4.69) is 27.5 Å². The van der Waals surface area contributed by atoms with E-state index in [1.807, 2.05) is 13.1 Å². The van der Waals surface area contributed by atoms with Crippen molar-refractivity contribution >= 4 is 22.8 Å². The zero-order valence-electron chi connectivity index (χ0n) is 10.2. The molecule has 1 saturated carbocycles. The number of alkyl halides is 1. The Morgan fingerprint density at radius 3 is 2.94 bits per heavy atom. The monoisotopic (exact) mass is 249 g/mol. The standard InChI is InChI=1S/C13H16ClN3/c1-8-3-11-13(15-6-8)17(12(5-14)16-11)7-10-4-9(10)2/h3,6,9-10H,4-5,7H2,1-2H3. The van der Waals surface area contributed by atoms with Crippen LogP contribution in [-0.2, 0) is 12.4 Å². The summed E-state index contributed by atoms with van der Waals surface area (Å²) in [6.07, 6.45) is 3.21.